The van der Waals surface area contributed by atoms with Crippen LogP contribution in [0, 0.1) is 11.8 Å². The van der Waals surface area contributed by atoms with E-state index in [4.69, 9.17) is 9.47 Å². The van der Waals surface area contributed by atoms with Crippen LogP contribution in [0.25, 0.3) is 0 Å². The molecule has 3 aliphatic rings. The first kappa shape index (κ1) is 14.9. The first-order valence-electron chi connectivity index (χ1n) is 8.30. The van der Waals surface area contributed by atoms with Crippen LogP contribution in [-0.2, 0) is 9.47 Å². The second kappa shape index (κ2) is 6.80. The second-order valence-corrected chi connectivity index (χ2v) is 6.61. The maximum atomic E-state index is 6.16. The van der Waals surface area contributed by atoms with Crippen molar-refractivity contribution in [2.24, 2.45) is 11.8 Å². The fourth-order valence-electron chi connectivity index (χ4n) is 3.33. The Morgan fingerprint density at radius 2 is 2.29 bits per heavy atom. The van der Waals surface area contributed by atoms with Crippen LogP contribution in [0.3, 0.4) is 0 Å². The summed E-state index contributed by atoms with van der Waals surface area (Å²) in [5, 5.41) is 3.35. The van der Waals surface area contributed by atoms with Crippen LogP contribution in [-0.4, -0.2) is 32.4 Å². The molecule has 3 unspecified atom stereocenters. The maximum Gasteiger partial charge on any atom is 0.122 e. The van der Waals surface area contributed by atoms with Gasteiger partial charge in [-0.3, -0.25) is 0 Å². The summed E-state index contributed by atoms with van der Waals surface area (Å²) < 4.78 is 11.9. The summed E-state index contributed by atoms with van der Waals surface area (Å²) in [6.07, 6.45) is 10.6. The van der Waals surface area contributed by atoms with Gasteiger partial charge >= 0.3 is 0 Å². The molecule has 2 aliphatic carbocycles. The number of allylic oxidation sites excluding steroid dienone is 5. The summed E-state index contributed by atoms with van der Waals surface area (Å²) in [7, 11) is 0. The van der Waals surface area contributed by atoms with E-state index in [2.05, 4.69) is 37.4 Å². The van der Waals surface area contributed by atoms with Gasteiger partial charge in [0.05, 0.1) is 6.61 Å². The Balaban J connectivity index is 1.73. The first-order chi connectivity index (χ1) is 10.2. The number of nitrogens with one attached hydrogen (secondary N) is 1. The highest BCUT2D eigenvalue weighted by atomic mass is 16.5. The van der Waals surface area contributed by atoms with Crippen molar-refractivity contribution < 1.29 is 9.47 Å². The highest BCUT2D eigenvalue weighted by Crippen LogP contribution is 2.37. The average molecular weight is 289 g/mol. The number of rotatable bonds is 3. The normalized spacial score (nSPS) is 33.2. The van der Waals surface area contributed by atoms with Crippen molar-refractivity contribution in [3.05, 3.63) is 35.1 Å². The summed E-state index contributed by atoms with van der Waals surface area (Å²) in [6.45, 7) is 7.86. The van der Waals surface area contributed by atoms with Gasteiger partial charge in [-0.2, -0.15) is 0 Å². The fraction of sp³-hybridized carbons (Fsp3) is 0.667. The number of hydrogen-bond donors (Lipinski definition) is 1. The van der Waals surface area contributed by atoms with E-state index in [1.54, 1.807) is 0 Å². The molecular weight excluding hydrogens is 262 g/mol. The van der Waals surface area contributed by atoms with E-state index < -0.39 is 0 Å². The minimum absolute atomic E-state index is 0.175. The van der Waals surface area contributed by atoms with Crippen molar-refractivity contribution in [3.63, 3.8) is 0 Å². The zero-order valence-corrected chi connectivity index (χ0v) is 13.2. The van der Waals surface area contributed by atoms with Crippen LogP contribution in [0.2, 0.25) is 0 Å². The molecule has 0 spiro atoms. The lowest BCUT2D eigenvalue weighted by molar-refractivity contribution is -0.0142. The average Bonchev–Trinajstić information content (AvgIpc) is 2.65. The third-order valence-electron chi connectivity index (χ3n) is 4.59. The third kappa shape index (κ3) is 3.78. The summed E-state index contributed by atoms with van der Waals surface area (Å²) in [4.78, 5) is 0. The van der Waals surface area contributed by atoms with Crippen molar-refractivity contribution in [2.75, 3.05) is 26.3 Å². The lowest BCUT2D eigenvalue weighted by Gasteiger charge is -2.27. The molecule has 3 nitrogen and oxygen atoms in total. The monoisotopic (exact) mass is 289 g/mol. The highest BCUT2D eigenvalue weighted by Gasteiger charge is 2.24. The third-order valence-corrected chi connectivity index (χ3v) is 4.59. The number of hydrogen-bond acceptors (Lipinski definition) is 3. The Kier molecular flexibility index (Phi) is 4.81. The lowest BCUT2D eigenvalue weighted by atomic mass is 9.82. The molecule has 1 aliphatic heterocycles. The second-order valence-electron chi connectivity index (χ2n) is 6.61. The summed E-state index contributed by atoms with van der Waals surface area (Å²) in [5.41, 5.74) is 2.93. The van der Waals surface area contributed by atoms with Gasteiger partial charge in [0.1, 0.15) is 18.5 Å². The van der Waals surface area contributed by atoms with Crippen LogP contribution in [0.1, 0.15) is 33.1 Å². The quantitative estimate of drug-likeness (QED) is 0.865. The van der Waals surface area contributed by atoms with Crippen molar-refractivity contribution in [1.82, 2.24) is 5.32 Å². The molecule has 1 heterocycles. The standard InChI is InChI=1S/C18H27NO2/c1-13-4-6-18(21-12-16-11-19-7-8-20-16)17-10-14(2)3-5-15(17)9-13/h4,6,9,13-14,16,19H,3,5,7-8,10-12H2,1-2H3. The van der Waals surface area contributed by atoms with Gasteiger partial charge in [-0.05, 0) is 48.3 Å². The zero-order chi connectivity index (χ0) is 14.7. The van der Waals surface area contributed by atoms with Gasteiger partial charge in [0.2, 0.25) is 0 Å². The maximum absolute atomic E-state index is 6.16. The van der Waals surface area contributed by atoms with Crippen LogP contribution < -0.4 is 5.32 Å². The minimum atomic E-state index is 0.175. The summed E-state index contributed by atoms with van der Waals surface area (Å²) >= 11 is 0. The molecule has 21 heavy (non-hydrogen) atoms. The van der Waals surface area contributed by atoms with E-state index in [0.717, 1.165) is 37.8 Å². The molecule has 3 heteroatoms. The molecule has 1 saturated heterocycles. The van der Waals surface area contributed by atoms with Gasteiger partial charge in [0, 0.05) is 13.1 Å². The summed E-state index contributed by atoms with van der Waals surface area (Å²) in [5.74, 6) is 2.33. The Bertz CT molecular complexity index is 458. The van der Waals surface area contributed by atoms with Crippen LogP contribution in [0.15, 0.2) is 35.1 Å². The van der Waals surface area contributed by atoms with Gasteiger partial charge in [-0.15, -0.1) is 0 Å². The van der Waals surface area contributed by atoms with Crippen molar-refractivity contribution in [2.45, 2.75) is 39.2 Å². The van der Waals surface area contributed by atoms with Crippen molar-refractivity contribution >= 4 is 0 Å². The minimum Gasteiger partial charge on any atom is -0.491 e. The molecule has 0 bridgehead atoms. The number of morpholine rings is 1. The Labute approximate surface area is 128 Å². The van der Waals surface area contributed by atoms with Gasteiger partial charge in [0.25, 0.3) is 0 Å². The predicted molar refractivity (Wildman–Crippen MR) is 85.0 cm³/mol. The summed E-state index contributed by atoms with van der Waals surface area (Å²) in [6, 6.07) is 0. The van der Waals surface area contributed by atoms with E-state index in [9.17, 15) is 0 Å². The molecule has 3 atom stereocenters. The van der Waals surface area contributed by atoms with Gasteiger partial charge in [-0.25, -0.2) is 0 Å². The molecule has 1 N–H and O–H groups in total. The zero-order valence-electron chi connectivity index (χ0n) is 13.2. The first-order valence-corrected chi connectivity index (χ1v) is 8.30. The highest BCUT2D eigenvalue weighted by molar-refractivity contribution is 5.42. The van der Waals surface area contributed by atoms with Crippen molar-refractivity contribution in [1.29, 1.82) is 0 Å². The van der Waals surface area contributed by atoms with E-state index in [1.807, 2.05) is 0 Å². The van der Waals surface area contributed by atoms with Gasteiger partial charge in [-0.1, -0.05) is 26.0 Å². The van der Waals surface area contributed by atoms with Crippen molar-refractivity contribution in [3.8, 4) is 0 Å². The predicted octanol–water partition coefficient (Wildman–Crippen LogP) is 3.20. The molecule has 0 aromatic heterocycles. The smallest absolute Gasteiger partial charge is 0.122 e. The van der Waals surface area contributed by atoms with Crippen LogP contribution in [0.4, 0.5) is 0 Å². The lowest BCUT2D eigenvalue weighted by Crippen LogP contribution is -2.41. The molecule has 1 saturated carbocycles. The molecule has 116 valence electrons. The Morgan fingerprint density at radius 1 is 1.38 bits per heavy atom. The number of fused-ring (bicyclic) bond motifs is 1. The molecular formula is C18H27NO2. The molecule has 0 amide bonds. The Hall–Kier alpha value is -1.06. The molecule has 2 fully saturated rings. The number of ether oxygens (including phenoxy) is 2. The molecule has 0 aromatic rings. The van der Waals surface area contributed by atoms with Gasteiger partial charge in [0.15, 0.2) is 0 Å². The molecule has 0 radical (unpaired) electrons. The molecule has 3 rings (SSSR count). The van der Waals surface area contributed by atoms with Crippen LogP contribution in [0.5, 0.6) is 0 Å². The Morgan fingerprint density at radius 3 is 3.10 bits per heavy atom. The van der Waals surface area contributed by atoms with E-state index in [1.165, 1.54) is 24.0 Å². The molecule has 0 aromatic carbocycles. The van der Waals surface area contributed by atoms with Gasteiger partial charge < -0.3 is 14.8 Å². The largest absolute Gasteiger partial charge is 0.491 e. The van der Waals surface area contributed by atoms with E-state index >= 15 is 0 Å². The SMILES string of the molecule is CC1C=CC(OCC2CNCCO2)=C2CC(C)CCC2=C1. The topological polar surface area (TPSA) is 30.5 Å². The van der Waals surface area contributed by atoms with E-state index in [-0.39, 0.29) is 6.10 Å². The fourth-order valence-corrected chi connectivity index (χ4v) is 3.33. The van der Waals surface area contributed by atoms with E-state index in [0.29, 0.717) is 12.5 Å². The van der Waals surface area contributed by atoms with Crippen LogP contribution >= 0.6 is 0 Å².